The molecule has 0 radical (unpaired) electrons. The van der Waals surface area contributed by atoms with E-state index in [1.54, 1.807) is 17.9 Å². The van der Waals surface area contributed by atoms with Crippen LogP contribution in [0.5, 0.6) is 5.75 Å². The minimum Gasteiger partial charge on any atom is -0.408 e. The molecule has 0 spiro atoms. The van der Waals surface area contributed by atoms with Crippen LogP contribution in [0.1, 0.15) is 24.8 Å². The van der Waals surface area contributed by atoms with E-state index in [1.807, 2.05) is 0 Å². The summed E-state index contributed by atoms with van der Waals surface area (Å²) in [6.45, 7) is 2.99. The zero-order valence-corrected chi connectivity index (χ0v) is 10.4. The van der Waals surface area contributed by atoms with Crippen LogP contribution in [0, 0.1) is 12.7 Å². The molecule has 2 N–H and O–H groups in total. The molecule has 5 heteroatoms. The van der Waals surface area contributed by atoms with E-state index in [1.165, 1.54) is 6.07 Å². The third-order valence-corrected chi connectivity index (χ3v) is 3.14. The topological polar surface area (TPSA) is 55.6 Å². The van der Waals surface area contributed by atoms with E-state index in [4.69, 9.17) is 10.5 Å². The van der Waals surface area contributed by atoms with Gasteiger partial charge in [-0.25, -0.2) is 9.18 Å². The highest BCUT2D eigenvalue weighted by Crippen LogP contribution is 2.27. The molecule has 18 heavy (non-hydrogen) atoms. The maximum absolute atomic E-state index is 13.6. The Balaban J connectivity index is 2.09. The van der Waals surface area contributed by atoms with Crippen molar-refractivity contribution in [3.8, 4) is 5.75 Å². The van der Waals surface area contributed by atoms with Gasteiger partial charge in [-0.3, -0.25) is 0 Å². The summed E-state index contributed by atoms with van der Waals surface area (Å²) in [7, 11) is 0. The molecule has 1 amide bonds. The fraction of sp³-hybridized carbons (Fsp3) is 0.462. The molecule has 0 saturated carbocycles. The molecular formula is C13H17FN2O2. The minimum absolute atomic E-state index is 0.0914. The number of benzene rings is 1. The van der Waals surface area contributed by atoms with Crippen molar-refractivity contribution in [3.63, 3.8) is 0 Å². The number of hydrogen-bond donors (Lipinski definition) is 1. The van der Waals surface area contributed by atoms with Gasteiger partial charge in [0.05, 0.1) is 0 Å². The van der Waals surface area contributed by atoms with Crippen LogP contribution in [0.3, 0.4) is 0 Å². The van der Waals surface area contributed by atoms with E-state index in [9.17, 15) is 9.18 Å². The van der Waals surface area contributed by atoms with Gasteiger partial charge in [0.15, 0.2) is 11.6 Å². The molecule has 1 saturated heterocycles. The SMILES string of the molecule is Cc1ccc(OC(=O)N2CCCCC2)c(N)c1F. The second kappa shape index (κ2) is 5.25. The third kappa shape index (κ3) is 2.55. The molecule has 0 unspecified atom stereocenters. The zero-order chi connectivity index (χ0) is 13.1. The van der Waals surface area contributed by atoms with Crippen LogP contribution in [-0.4, -0.2) is 24.1 Å². The van der Waals surface area contributed by atoms with E-state index < -0.39 is 11.9 Å². The van der Waals surface area contributed by atoms with Crippen LogP contribution in [0.15, 0.2) is 12.1 Å². The number of ether oxygens (including phenoxy) is 1. The van der Waals surface area contributed by atoms with Gasteiger partial charge in [-0.2, -0.15) is 0 Å². The van der Waals surface area contributed by atoms with Crippen LogP contribution in [0.2, 0.25) is 0 Å². The van der Waals surface area contributed by atoms with Crippen molar-refractivity contribution in [1.82, 2.24) is 4.90 Å². The van der Waals surface area contributed by atoms with E-state index in [0.717, 1.165) is 19.3 Å². The van der Waals surface area contributed by atoms with Crippen molar-refractivity contribution < 1.29 is 13.9 Å². The smallest absolute Gasteiger partial charge is 0.408 e. The number of carbonyl (C=O) groups is 1. The Labute approximate surface area is 106 Å². The minimum atomic E-state index is -0.529. The Morgan fingerprint density at radius 3 is 2.67 bits per heavy atom. The highest BCUT2D eigenvalue weighted by Gasteiger charge is 2.20. The maximum Gasteiger partial charge on any atom is 0.415 e. The number of amides is 1. The van der Waals surface area contributed by atoms with Crippen molar-refractivity contribution in [2.75, 3.05) is 18.8 Å². The summed E-state index contributed by atoms with van der Waals surface area (Å²) < 4.78 is 18.7. The molecule has 2 rings (SSSR count). The quantitative estimate of drug-likeness (QED) is 0.782. The highest BCUT2D eigenvalue weighted by atomic mass is 19.1. The molecule has 1 aromatic rings. The van der Waals surface area contributed by atoms with Crippen LogP contribution >= 0.6 is 0 Å². The Morgan fingerprint density at radius 1 is 1.33 bits per heavy atom. The van der Waals surface area contributed by atoms with Crippen LogP contribution in [-0.2, 0) is 0 Å². The summed E-state index contributed by atoms with van der Waals surface area (Å²) in [6.07, 6.45) is 2.63. The van der Waals surface area contributed by atoms with E-state index in [2.05, 4.69) is 0 Å². The fourth-order valence-corrected chi connectivity index (χ4v) is 2.01. The lowest BCUT2D eigenvalue weighted by atomic mass is 10.1. The van der Waals surface area contributed by atoms with Gasteiger partial charge < -0.3 is 15.4 Å². The van der Waals surface area contributed by atoms with Crippen LogP contribution in [0.4, 0.5) is 14.9 Å². The molecule has 1 aliphatic rings. The molecule has 0 aromatic heterocycles. The number of anilines is 1. The van der Waals surface area contributed by atoms with Crippen molar-refractivity contribution in [2.24, 2.45) is 0 Å². The van der Waals surface area contributed by atoms with Gasteiger partial charge in [-0.05, 0) is 37.8 Å². The summed E-state index contributed by atoms with van der Waals surface area (Å²) in [5.74, 6) is -0.437. The number of nitrogens with zero attached hydrogens (tertiary/aromatic N) is 1. The first kappa shape index (κ1) is 12.7. The number of carbonyl (C=O) groups excluding carboxylic acids is 1. The Kier molecular flexibility index (Phi) is 3.69. The average Bonchev–Trinajstić information content (AvgIpc) is 2.40. The normalized spacial score (nSPS) is 15.6. The van der Waals surface area contributed by atoms with Gasteiger partial charge in [-0.1, -0.05) is 6.07 Å². The predicted molar refractivity (Wildman–Crippen MR) is 67.0 cm³/mol. The van der Waals surface area contributed by atoms with Crippen molar-refractivity contribution in [2.45, 2.75) is 26.2 Å². The molecule has 1 fully saturated rings. The molecule has 0 atom stereocenters. The first-order valence-electron chi connectivity index (χ1n) is 6.11. The summed E-state index contributed by atoms with van der Waals surface area (Å²) in [5, 5.41) is 0. The number of halogens is 1. The van der Waals surface area contributed by atoms with Gasteiger partial charge in [0, 0.05) is 13.1 Å². The molecular weight excluding hydrogens is 235 g/mol. The van der Waals surface area contributed by atoms with Crippen molar-refractivity contribution in [1.29, 1.82) is 0 Å². The Morgan fingerprint density at radius 2 is 2.00 bits per heavy atom. The monoisotopic (exact) mass is 252 g/mol. The largest absolute Gasteiger partial charge is 0.415 e. The number of piperidine rings is 1. The van der Waals surface area contributed by atoms with Crippen LogP contribution in [0.25, 0.3) is 0 Å². The average molecular weight is 252 g/mol. The fourth-order valence-electron chi connectivity index (χ4n) is 2.01. The highest BCUT2D eigenvalue weighted by molar-refractivity contribution is 5.73. The molecule has 0 aliphatic carbocycles. The van der Waals surface area contributed by atoms with E-state index >= 15 is 0 Å². The third-order valence-electron chi connectivity index (χ3n) is 3.14. The number of nitrogens with two attached hydrogens (primary N) is 1. The van der Waals surface area contributed by atoms with Crippen LogP contribution < -0.4 is 10.5 Å². The van der Waals surface area contributed by atoms with Crippen molar-refractivity contribution >= 4 is 11.8 Å². The second-order valence-corrected chi connectivity index (χ2v) is 4.52. The Bertz CT molecular complexity index is 457. The zero-order valence-electron chi connectivity index (χ0n) is 10.4. The van der Waals surface area contributed by atoms with Gasteiger partial charge in [0.25, 0.3) is 0 Å². The lowest BCUT2D eigenvalue weighted by molar-refractivity contribution is 0.142. The standard InChI is InChI=1S/C13H17FN2O2/c1-9-5-6-10(12(15)11(9)14)18-13(17)16-7-3-2-4-8-16/h5-6H,2-4,7-8,15H2,1H3. The lowest BCUT2D eigenvalue weighted by Crippen LogP contribution is -2.37. The van der Waals surface area contributed by atoms with Crippen molar-refractivity contribution in [3.05, 3.63) is 23.5 Å². The first-order chi connectivity index (χ1) is 8.59. The maximum atomic E-state index is 13.6. The molecule has 98 valence electrons. The van der Waals surface area contributed by atoms with Gasteiger partial charge in [0.1, 0.15) is 5.69 Å². The second-order valence-electron chi connectivity index (χ2n) is 4.52. The first-order valence-corrected chi connectivity index (χ1v) is 6.11. The molecule has 4 nitrogen and oxygen atoms in total. The van der Waals surface area contributed by atoms with E-state index in [0.29, 0.717) is 18.7 Å². The summed E-state index contributed by atoms with van der Waals surface area (Å²) in [4.78, 5) is 13.5. The van der Waals surface area contributed by atoms with E-state index in [-0.39, 0.29) is 11.4 Å². The molecule has 1 aromatic carbocycles. The van der Waals surface area contributed by atoms with Gasteiger partial charge >= 0.3 is 6.09 Å². The molecule has 1 heterocycles. The predicted octanol–water partition coefficient (Wildman–Crippen LogP) is 2.70. The number of rotatable bonds is 1. The lowest BCUT2D eigenvalue weighted by Gasteiger charge is -2.25. The summed E-state index contributed by atoms with van der Waals surface area (Å²) >= 11 is 0. The Hall–Kier alpha value is -1.78. The summed E-state index contributed by atoms with van der Waals surface area (Å²) in [5.41, 5.74) is 5.92. The number of nitrogen functional groups attached to an aromatic ring is 1. The number of hydrogen-bond acceptors (Lipinski definition) is 3. The van der Waals surface area contributed by atoms with Gasteiger partial charge in [0.2, 0.25) is 0 Å². The summed E-state index contributed by atoms with van der Waals surface area (Å²) in [6, 6.07) is 3.07. The number of aryl methyl sites for hydroxylation is 1. The molecule has 0 bridgehead atoms. The van der Waals surface area contributed by atoms with Gasteiger partial charge in [-0.15, -0.1) is 0 Å². The number of likely N-dealkylation sites (tertiary alicyclic amines) is 1. The molecule has 1 aliphatic heterocycles.